The molecule has 1 amide bonds. The number of hydrogen-bond donors (Lipinski definition) is 1. The fourth-order valence-electron chi connectivity index (χ4n) is 1.87. The first-order chi connectivity index (χ1) is 10.1. The molecule has 0 saturated heterocycles. The van der Waals surface area contributed by atoms with Crippen LogP contribution < -0.4 is 5.32 Å². The summed E-state index contributed by atoms with van der Waals surface area (Å²) < 4.78 is 23.2. The highest BCUT2D eigenvalue weighted by Gasteiger charge is 2.19. The number of carbonyl (C=O) groups excluding carboxylic acids is 1. The Bertz CT molecular complexity index is 632. The highest BCUT2D eigenvalue weighted by atomic mass is 35.5. The molecule has 0 aromatic heterocycles. The quantitative estimate of drug-likeness (QED) is 0.823. The van der Waals surface area contributed by atoms with Crippen molar-refractivity contribution in [2.24, 2.45) is 0 Å². The predicted molar refractivity (Wildman–Crippen MR) is 91.2 cm³/mol. The molecule has 0 bridgehead atoms. The highest BCUT2D eigenvalue weighted by molar-refractivity contribution is 7.91. The van der Waals surface area contributed by atoms with E-state index < -0.39 is 9.84 Å². The summed E-state index contributed by atoms with van der Waals surface area (Å²) in [6, 6.07) is 5.08. The maximum Gasteiger partial charge on any atom is 0.238 e. The summed E-state index contributed by atoms with van der Waals surface area (Å²) in [6.07, 6.45) is 0. The molecule has 1 N–H and O–H groups in total. The van der Waals surface area contributed by atoms with E-state index in [1.165, 1.54) is 0 Å². The van der Waals surface area contributed by atoms with Gasteiger partial charge < -0.3 is 5.32 Å². The monoisotopic (exact) mass is 346 g/mol. The van der Waals surface area contributed by atoms with Gasteiger partial charge in [-0.25, -0.2) is 8.42 Å². The molecule has 0 heterocycles. The van der Waals surface area contributed by atoms with Crippen molar-refractivity contribution >= 4 is 33.0 Å². The van der Waals surface area contributed by atoms with Crippen molar-refractivity contribution in [2.75, 3.05) is 30.4 Å². The molecule has 22 heavy (non-hydrogen) atoms. The normalized spacial score (nSPS) is 13.2. The van der Waals surface area contributed by atoms with Crippen molar-refractivity contribution in [3.05, 3.63) is 28.8 Å². The average molecular weight is 347 g/mol. The SMILES string of the molecule is CCS(=O)(=O)C[C@@H](C)N(C)CC(=O)Nc1ccc(C)c(Cl)c1. The van der Waals surface area contributed by atoms with Crippen LogP contribution in [-0.2, 0) is 14.6 Å². The standard InChI is InChI=1S/C15H23ClN2O3S/c1-5-22(20,21)10-12(3)18(4)9-15(19)17-13-7-6-11(2)14(16)8-13/h6-8,12H,5,9-10H2,1-4H3,(H,17,19)/t12-/m1/s1. The molecule has 0 fully saturated rings. The number of rotatable bonds is 7. The molecule has 1 aromatic rings. The molecule has 0 unspecified atom stereocenters. The molecule has 124 valence electrons. The maximum absolute atomic E-state index is 12.0. The number of nitrogens with zero attached hydrogens (tertiary/aromatic N) is 1. The topological polar surface area (TPSA) is 66.5 Å². The van der Waals surface area contributed by atoms with Crippen molar-refractivity contribution in [2.45, 2.75) is 26.8 Å². The number of nitrogens with one attached hydrogen (secondary N) is 1. The fourth-order valence-corrected chi connectivity index (χ4v) is 3.27. The van der Waals surface area contributed by atoms with E-state index in [2.05, 4.69) is 5.32 Å². The zero-order valence-electron chi connectivity index (χ0n) is 13.4. The molecular formula is C15H23ClN2O3S. The number of hydrogen-bond acceptors (Lipinski definition) is 4. The lowest BCUT2D eigenvalue weighted by Gasteiger charge is -2.23. The molecule has 5 nitrogen and oxygen atoms in total. The van der Waals surface area contributed by atoms with E-state index in [1.54, 1.807) is 37.9 Å². The second kappa shape index (κ2) is 7.94. The van der Waals surface area contributed by atoms with Gasteiger partial charge >= 0.3 is 0 Å². The molecule has 0 aliphatic carbocycles. The average Bonchev–Trinajstić information content (AvgIpc) is 2.42. The van der Waals surface area contributed by atoms with Crippen LogP contribution in [0.4, 0.5) is 5.69 Å². The van der Waals surface area contributed by atoms with Gasteiger partial charge in [0.05, 0.1) is 12.3 Å². The van der Waals surface area contributed by atoms with E-state index in [0.717, 1.165) is 5.56 Å². The Balaban J connectivity index is 2.58. The van der Waals surface area contributed by atoms with Crippen LogP contribution in [0.25, 0.3) is 0 Å². The molecule has 0 saturated carbocycles. The second-order valence-corrected chi connectivity index (χ2v) is 8.28. The van der Waals surface area contributed by atoms with Gasteiger partial charge in [-0.3, -0.25) is 9.69 Å². The Morgan fingerprint density at radius 2 is 2.05 bits per heavy atom. The van der Waals surface area contributed by atoms with Crippen LogP contribution in [0.5, 0.6) is 0 Å². The number of anilines is 1. The van der Waals surface area contributed by atoms with Crippen molar-refractivity contribution < 1.29 is 13.2 Å². The number of aryl methyl sites for hydroxylation is 1. The largest absolute Gasteiger partial charge is 0.325 e. The Hall–Kier alpha value is -1.11. The number of sulfone groups is 1. The van der Waals surface area contributed by atoms with E-state index >= 15 is 0 Å². The van der Waals surface area contributed by atoms with Gasteiger partial charge in [0.1, 0.15) is 0 Å². The van der Waals surface area contributed by atoms with Crippen molar-refractivity contribution in [3.8, 4) is 0 Å². The summed E-state index contributed by atoms with van der Waals surface area (Å²) >= 11 is 6.01. The number of amides is 1. The van der Waals surface area contributed by atoms with Crippen LogP contribution in [0, 0.1) is 6.92 Å². The lowest BCUT2D eigenvalue weighted by atomic mass is 10.2. The summed E-state index contributed by atoms with van der Waals surface area (Å²) in [5.41, 5.74) is 1.57. The van der Waals surface area contributed by atoms with Gasteiger partial charge in [-0.05, 0) is 38.6 Å². The van der Waals surface area contributed by atoms with Crippen LogP contribution in [-0.4, -0.2) is 50.4 Å². The third-order valence-electron chi connectivity index (χ3n) is 3.54. The Labute approximate surface area is 137 Å². The van der Waals surface area contributed by atoms with E-state index in [0.29, 0.717) is 10.7 Å². The summed E-state index contributed by atoms with van der Waals surface area (Å²) in [6.45, 7) is 5.42. The third-order valence-corrected chi connectivity index (χ3v) is 5.81. The maximum atomic E-state index is 12.0. The summed E-state index contributed by atoms with van der Waals surface area (Å²) in [7, 11) is -1.33. The number of carbonyl (C=O) groups is 1. The number of benzene rings is 1. The van der Waals surface area contributed by atoms with Gasteiger partial charge in [0.25, 0.3) is 0 Å². The van der Waals surface area contributed by atoms with Gasteiger partial charge in [0.2, 0.25) is 5.91 Å². The lowest BCUT2D eigenvalue weighted by molar-refractivity contribution is -0.117. The molecule has 0 radical (unpaired) electrons. The minimum Gasteiger partial charge on any atom is -0.325 e. The zero-order valence-corrected chi connectivity index (χ0v) is 15.0. The molecule has 1 atom stereocenters. The van der Waals surface area contributed by atoms with Crippen molar-refractivity contribution in [3.63, 3.8) is 0 Å². The molecule has 7 heteroatoms. The first-order valence-corrected chi connectivity index (χ1v) is 9.31. The van der Waals surface area contributed by atoms with E-state index in [9.17, 15) is 13.2 Å². The molecule has 0 spiro atoms. The van der Waals surface area contributed by atoms with E-state index in [1.807, 2.05) is 13.0 Å². The van der Waals surface area contributed by atoms with Crippen LogP contribution in [0.15, 0.2) is 18.2 Å². The number of halogens is 1. The molecule has 0 aliphatic heterocycles. The van der Waals surface area contributed by atoms with Gasteiger partial charge in [-0.15, -0.1) is 0 Å². The Kier molecular flexibility index (Phi) is 6.84. The van der Waals surface area contributed by atoms with Crippen LogP contribution in [0.3, 0.4) is 0 Å². The second-order valence-electron chi connectivity index (χ2n) is 5.48. The molecular weight excluding hydrogens is 324 g/mol. The first kappa shape index (κ1) is 18.9. The van der Waals surface area contributed by atoms with Crippen molar-refractivity contribution in [1.82, 2.24) is 4.90 Å². The Morgan fingerprint density at radius 3 is 2.59 bits per heavy atom. The molecule has 1 aromatic carbocycles. The van der Waals surface area contributed by atoms with Crippen LogP contribution in [0.2, 0.25) is 5.02 Å². The lowest BCUT2D eigenvalue weighted by Crippen LogP contribution is -2.40. The van der Waals surface area contributed by atoms with Gasteiger partial charge in [0, 0.05) is 22.5 Å². The third kappa shape index (κ3) is 5.94. The summed E-state index contributed by atoms with van der Waals surface area (Å²) in [5, 5.41) is 3.35. The highest BCUT2D eigenvalue weighted by Crippen LogP contribution is 2.19. The minimum absolute atomic E-state index is 0.0453. The van der Waals surface area contributed by atoms with Crippen LogP contribution >= 0.6 is 11.6 Å². The van der Waals surface area contributed by atoms with Crippen LogP contribution in [0.1, 0.15) is 19.4 Å². The Morgan fingerprint density at radius 1 is 1.41 bits per heavy atom. The summed E-state index contributed by atoms with van der Waals surface area (Å²) in [4.78, 5) is 13.7. The fraction of sp³-hybridized carbons (Fsp3) is 0.533. The van der Waals surface area contributed by atoms with Crippen molar-refractivity contribution in [1.29, 1.82) is 0 Å². The van der Waals surface area contributed by atoms with Gasteiger partial charge in [-0.2, -0.15) is 0 Å². The van der Waals surface area contributed by atoms with E-state index in [-0.39, 0.29) is 30.0 Å². The van der Waals surface area contributed by atoms with E-state index in [4.69, 9.17) is 11.6 Å². The molecule has 1 rings (SSSR count). The van der Waals surface area contributed by atoms with Gasteiger partial charge in [-0.1, -0.05) is 24.6 Å². The number of likely N-dealkylation sites (N-methyl/N-ethyl adjacent to an activating group) is 1. The molecule has 0 aliphatic rings. The smallest absolute Gasteiger partial charge is 0.238 e. The minimum atomic E-state index is -3.06. The first-order valence-electron chi connectivity index (χ1n) is 7.11. The zero-order chi connectivity index (χ0) is 16.9. The summed E-state index contributed by atoms with van der Waals surface area (Å²) in [5.74, 6) is -0.0498. The van der Waals surface area contributed by atoms with Gasteiger partial charge in [0.15, 0.2) is 9.84 Å². The predicted octanol–water partition coefficient (Wildman–Crippen LogP) is 2.34.